The minimum Gasteiger partial charge on any atom is -0.392 e. The molecule has 1 fully saturated rings. The Kier molecular flexibility index (Phi) is 5.31. The third kappa shape index (κ3) is 4.50. The molecular formula is C20H19N7O4. The van der Waals surface area contributed by atoms with Gasteiger partial charge in [-0.25, -0.2) is 14.8 Å². The first-order chi connectivity index (χ1) is 14.9. The van der Waals surface area contributed by atoms with Gasteiger partial charge in [-0.2, -0.15) is 4.98 Å². The SMILES string of the molecule is C=C(N[C@H]1CCC(=O)OC1=O)c1ccc(NCc2cnc3nc(N)[nH]c(=O)c3n2)cc1. The Hall–Kier alpha value is -4.28. The van der Waals surface area contributed by atoms with Crippen LogP contribution in [0.5, 0.6) is 0 Å². The zero-order valence-corrected chi connectivity index (χ0v) is 16.3. The fourth-order valence-electron chi connectivity index (χ4n) is 3.08. The molecule has 1 atom stereocenters. The number of benzene rings is 1. The molecular weight excluding hydrogens is 402 g/mol. The number of anilines is 2. The number of nitrogens with two attached hydrogens (primary N) is 1. The minimum atomic E-state index is -0.595. The van der Waals surface area contributed by atoms with Crippen molar-refractivity contribution in [2.45, 2.75) is 25.4 Å². The number of rotatable bonds is 6. The molecule has 1 saturated heterocycles. The summed E-state index contributed by atoms with van der Waals surface area (Å²) in [5.41, 5.74) is 8.07. The zero-order valence-electron chi connectivity index (χ0n) is 16.3. The van der Waals surface area contributed by atoms with Crippen LogP contribution in [-0.2, 0) is 20.9 Å². The van der Waals surface area contributed by atoms with Crippen molar-refractivity contribution in [1.82, 2.24) is 25.3 Å². The molecule has 158 valence electrons. The van der Waals surface area contributed by atoms with Crippen molar-refractivity contribution < 1.29 is 14.3 Å². The van der Waals surface area contributed by atoms with Gasteiger partial charge in [0.15, 0.2) is 11.2 Å². The van der Waals surface area contributed by atoms with Crippen LogP contribution in [0, 0.1) is 0 Å². The highest BCUT2D eigenvalue weighted by Crippen LogP contribution is 2.18. The van der Waals surface area contributed by atoms with Gasteiger partial charge in [0, 0.05) is 17.8 Å². The van der Waals surface area contributed by atoms with E-state index in [9.17, 15) is 14.4 Å². The van der Waals surface area contributed by atoms with Crippen LogP contribution in [0.25, 0.3) is 16.9 Å². The van der Waals surface area contributed by atoms with Gasteiger partial charge in [-0.3, -0.25) is 14.6 Å². The molecule has 1 aliphatic heterocycles. The first-order valence-electron chi connectivity index (χ1n) is 9.45. The number of hydrogen-bond acceptors (Lipinski definition) is 10. The number of aromatic amines is 1. The van der Waals surface area contributed by atoms with E-state index in [2.05, 4.69) is 41.9 Å². The van der Waals surface area contributed by atoms with E-state index in [0.29, 0.717) is 24.4 Å². The summed E-state index contributed by atoms with van der Waals surface area (Å²) in [4.78, 5) is 49.6. The zero-order chi connectivity index (χ0) is 22.0. The maximum absolute atomic E-state index is 11.9. The van der Waals surface area contributed by atoms with Gasteiger partial charge < -0.3 is 21.1 Å². The van der Waals surface area contributed by atoms with Crippen molar-refractivity contribution in [3.05, 3.63) is 58.7 Å². The number of nitrogen functional groups attached to an aromatic ring is 1. The number of hydrogen-bond donors (Lipinski definition) is 4. The van der Waals surface area contributed by atoms with Crippen LogP contribution in [0.2, 0.25) is 0 Å². The highest BCUT2D eigenvalue weighted by Gasteiger charge is 2.29. The molecule has 0 amide bonds. The number of cyclic esters (lactones) is 2. The van der Waals surface area contributed by atoms with Gasteiger partial charge in [-0.15, -0.1) is 0 Å². The van der Waals surface area contributed by atoms with Crippen molar-refractivity contribution in [3.63, 3.8) is 0 Å². The summed E-state index contributed by atoms with van der Waals surface area (Å²) < 4.78 is 4.63. The summed E-state index contributed by atoms with van der Waals surface area (Å²) >= 11 is 0. The molecule has 11 heteroatoms. The van der Waals surface area contributed by atoms with E-state index in [4.69, 9.17) is 5.73 Å². The van der Waals surface area contributed by atoms with Crippen LogP contribution in [0.1, 0.15) is 24.1 Å². The van der Waals surface area contributed by atoms with Crippen LogP contribution in [-0.4, -0.2) is 37.9 Å². The van der Waals surface area contributed by atoms with Crippen molar-refractivity contribution in [2.75, 3.05) is 11.1 Å². The fourth-order valence-corrected chi connectivity index (χ4v) is 3.08. The number of nitrogens with one attached hydrogen (secondary N) is 3. The maximum atomic E-state index is 11.9. The topological polar surface area (TPSA) is 165 Å². The lowest BCUT2D eigenvalue weighted by Crippen LogP contribution is -2.41. The Morgan fingerprint density at radius 2 is 2.00 bits per heavy atom. The molecule has 2 aromatic heterocycles. The average molecular weight is 421 g/mol. The van der Waals surface area contributed by atoms with E-state index in [0.717, 1.165) is 11.3 Å². The van der Waals surface area contributed by atoms with Crippen molar-refractivity contribution in [3.8, 4) is 0 Å². The van der Waals surface area contributed by atoms with Crippen molar-refractivity contribution in [1.29, 1.82) is 0 Å². The van der Waals surface area contributed by atoms with Gasteiger partial charge in [-0.05, 0) is 24.1 Å². The lowest BCUT2D eigenvalue weighted by Gasteiger charge is -2.22. The number of aromatic nitrogens is 4. The van der Waals surface area contributed by atoms with E-state index in [1.807, 2.05) is 24.3 Å². The molecule has 1 aliphatic rings. The quantitative estimate of drug-likeness (QED) is 0.329. The lowest BCUT2D eigenvalue weighted by atomic mass is 10.1. The summed E-state index contributed by atoms with van der Waals surface area (Å²) in [6.45, 7) is 4.29. The first kappa shape index (κ1) is 20.0. The number of nitrogens with zero attached hydrogens (tertiary/aromatic N) is 3. The fraction of sp³-hybridized carbons (Fsp3) is 0.200. The van der Waals surface area contributed by atoms with Gasteiger partial charge in [0.1, 0.15) is 6.04 Å². The van der Waals surface area contributed by atoms with Crippen LogP contribution in [0.4, 0.5) is 11.6 Å². The molecule has 0 radical (unpaired) electrons. The van der Waals surface area contributed by atoms with Gasteiger partial charge in [-0.1, -0.05) is 18.7 Å². The van der Waals surface area contributed by atoms with E-state index >= 15 is 0 Å². The maximum Gasteiger partial charge on any atom is 0.336 e. The van der Waals surface area contributed by atoms with Crippen LogP contribution in [0.15, 0.2) is 41.8 Å². The molecule has 1 aromatic carbocycles. The summed E-state index contributed by atoms with van der Waals surface area (Å²) in [6, 6.07) is 6.76. The second-order valence-electron chi connectivity index (χ2n) is 6.92. The monoisotopic (exact) mass is 421 g/mol. The Bertz CT molecular complexity index is 1240. The van der Waals surface area contributed by atoms with Crippen LogP contribution in [0.3, 0.4) is 0 Å². The Morgan fingerprint density at radius 1 is 1.23 bits per heavy atom. The van der Waals surface area contributed by atoms with Crippen LogP contribution >= 0.6 is 0 Å². The standard InChI is InChI=1S/C20H19N7O4/c1-10(24-14-6-7-15(28)31-19(14)30)11-2-4-12(5-3-11)22-8-13-9-23-17-16(25-13)18(29)27-20(21)26-17/h2-5,9,14,22,24H,1,6-8H2,(H3,21,23,26,27,29)/t14-/m0/s1. The number of fused-ring (bicyclic) bond motifs is 1. The predicted octanol–water partition coefficient (Wildman–Crippen LogP) is 0.700. The number of ether oxygens (including phenoxy) is 1. The predicted molar refractivity (Wildman–Crippen MR) is 112 cm³/mol. The smallest absolute Gasteiger partial charge is 0.336 e. The van der Waals surface area contributed by atoms with Gasteiger partial charge in [0.2, 0.25) is 5.95 Å². The third-order valence-electron chi connectivity index (χ3n) is 4.68. The second-order valence-corrected chi connectivity index (χ2v) is 6.92. The van der Waals surface area contributed by atoms with Gasteiger partial charge in [0.25, 0.3) is 5.56 Å². The molecule has 0 unspecified atom stereocenters. The Morgan fingerprint density at radius 3 is 2.74 bits per heavy atom. The second kappa shape index (κ2) is 8.22. The summed E-state index contributed by atoms with van der Waals surface area (Å²) in [5, 5.41) is 6.20. The highest BCUT2D eigenvalue weighted by molar-refractivity contribution is 5.92. The van der Waals surface area contributed by atoms with Gasteiger partial charge in [0.05, 0.1) is 18.4 Å². The first-order valence-corrected chi connectivity index (χ1v) is 9.45. The Balaban J connectivity index is 1.38. The average Bonchev–Trinajstić information content (AvgIpc) is 2.74. The molecule has 0 saturated carbocycles. The normalized spacial score (nSPS) is 16.1. The minimum absolute atomic E-state index is 0.0114. The molecule has 3 aromatic rings. The molecule has 3 heterocycles. The molecule has 0 bridgehead atoms. The number of H-pyrrole nitrogens is 1. The highest BCUT2D eigenvalue weighted by atomic mass is 16.6. The molecule has 5 N–H and O–H groups in total. The summed E-state index contributed by atoms with van der Waals surface area (Å²) in [5.74, 6) is -1.11. The lowest BCUT2D eigenvalue weighted by molar-refractivity contribution is -0.164. The van der Waals surface area contributed by atoms with E-state index in [-0.39, 0.29) is 23.5 Å². The molecule has 0 aliphatic carbocycles. The van der Waals surface area contributed by atoms with Crippen molar-refractivity contribution in [2.24, 2.45) is 0 Å². The van der Waals surface area contributed by atoms with E-state index in [1.54, 1.807) is 0 Å². The van der Waals surface area contributed by atoms with E-state index in [1.165, 1.54) is 6.20 Å². The largest absolute Gasteiger partial charge is 0.392 e. The Labute approximate surface area is 175 Å². The molecule has 0 spiro atoms. The number of esters is 2. The van der Waals surface area contributed by atoms with Crippen LogP contribution < -0.4 is 21.9 Å². The van der Waals surface area contributed by atoms with Crippen molar-refractivity contribution >= 4 is 40.4 Å². The molecule has 4 rings (SSSR count). The summed E-state index contributed by atoms with van der Waals surface area (Å²) in [6.07, 6.45) is 2.08. The van der Waals surface area contributed by atoms with E-state index < -0.39 is 23.5 Å². The summed E-state index contributed by atoms with van der Waals surface area (Å²) in [7, 11) is 0. The number of carbonyl (C=O) groups excluding carboxylic acids is 2. The number of carbonyl (C=O) groups is 2. The molecule has 31 heavy (non-hydrogen) atoms. The van der Waals surface area contributed by atoms with Gasteiger partial charge >= 0.3 is 11.9 Å². The molecule has 11 nitrogen and oxygen atoms in total. The third-order valence-corrected chi connectivity index (χ3v) is 4.68.